The van der Waals surface area contributed by atoms with Crippen LogP contribution in [-0.4, -0.2) is 37.4 Å². The predicted octanol–water partition coefficient (Wildman–Crippen LogP) is 1.90. The third-order valence-corrected chi connectivity index (χ3v) is 5.48. The van der Waals surface area contributed by atoms with Gasteiger partial charge in [-0.2, -0.15) is 4.31 Å². The van der Waals surface area contributed by atoms with E-state index in [1.54, 1.807) is 19.2 Å². The second kappa shape index (κ2) is 5.46. The number of nitrogens with zero attached hydrogens (tertiary/aromatic N) is 2. The van der Waals surface area contributed by atoms with Crippen molar-refractivity contribution in [3.05, 3.63) is 18.3 Å². The summed E-state index contributed by atoms with van der Waals surface area (Å²) in [6.45, 7) is 4.33. The molecule has 0 saturated heterocycles. The van der Waals surface area contributed by atoms with Crippen molar-refractivity contribution < 1.29 is 13.2 Å². The van der Waals surface area contributed by atoms with Gasteiger partial charge in [0, 0.05) is 19.2 Å². The molecule has 1 atom stereocenters. The lowest BCUT2D eigenvalue weighted by Crippen LogP contribution is -2.36. The molecule has 19 heavy (non-hydrogen) atoms. The first kappa shape index (κ1) is 14.3. The molecule has 0 N–H and O–H groups in total. The van der Waals surface area contributed by atoms with E-state index in [2.05, 4.69) is 4.98 Å². The molecule has 1 aliphatic carbocycles. The molecule has 1 aromatic heterocycles. The van der Waals surface area contributed by atoms with Crippen LogP contribution in [0.3, 0.4) is 0 Å². The minimum Gasteiger partial charge on any atom is -0.478 e. The summed E-state index contributed by atoms with van der Waals surface area (Å²) in [5.41, 5.74) is 0. The Kier molecular flexibility index (Phi) is 4.10. The molecule has 0 radical (unpaired) electrons. The highest BCUT2D eigenvalue weighted by atomic mass is 32.2. The van der Waals surface area contributed by atoms with Gasteiger partial charge in [0.1, 0.15) is 4.90 Å². The molecule has 1 saturated carbocycles. The molecule has 6 heteroatoms. The van der Waals surface area contributed by atoms with Gasteiger partial charge in [0.15, 0.2) is 0 Å². The van der Waals surface area contributed by atoms with E-state index in [0.29, 0.717) is 18.4 Å². The number of rotatable bonds is 6. The summed E-state index contributed by atoms with van der Waals surface area (Å²) in [5, 5.41) is 0. The van der Waals surface area contributed by atoms with Crippen molar-refractivity contribution in [3.8, 4) is 5.88 Å². The van der Waals surface area contributed by atoms with Gasteiger partial charge in [-0.15, -0.1) is 0 Å². The molecule has 1 fully saturated rings. The predicted molar refractivity (Wildman–Crippen MR) is 72.5 cm³/mol. The minimum absolute atomic E-state index is 0.0385. The number of pyridine rings is 1. The molecule has 5 nitrogen and oxygen atoms in total. The molecule has 0 bridgehead atoms. The zero-order valence-electron chi connectivity index (χ0n) is 11.5. The van der Waals surface area contributed by atoms with Gasteiger partial charge >= 0.3 is 0 Å². The van der Waals surface area contributed by atoms with Crippen molar-refractivity contribution in [3.63, 3.8) is 0 Å². The zero-order chi connectivity index (χ0) is 14.0. The molecule has 0 spiro atoms. The fourth-order valence-electron chi connectivity index (χ4n) is 2.01. The summed E-state index contributed by atoms with van der Waals surface area (Å²) in [7, 11) is -1.83. The number of sulfonamides is 1. The maximum absolute atomic E-state index is 12.4. The second-order valence-corrected chi connectivity index (χ2v) is 6.86. The third kappa shape index (κ3) is 3.06. The van der Waals surface area contributed by atoms with E-state index in [1.165, 1.54) is 10.5 Å². The maximum Gasteiger partial charge on any atom is 0.244 e. The molecule has 2 rings (SSSR count). The molecule has 0 unspecified atom stereocenters. The standard InChI is InChI=1S/C13H20N2O3S/c1-4-18-13-8-7-12(9-14-13)19(16,17)15(3)10(2)11-5-6-11/h7-11H,4-6H2,1-3H3/t10-/m1/s1. The van der Waals surface area contributed by atoms with Gasteiger partial charge in [-0.1, -0.05) is 0 Å². The largest absolute Gasteiger partial charge is 0.478 e. The topological polar surface area (TPSA) is 59.5 Å². The number of ether oxygens (including phenoxy) is 1. The molecule has 0 aliphatic heterocycles. The van der Waals surface area contributed by atoms with Crippen LogP contribution in [0.2, 0.25) is 0 Å². The molecule has 0 aromatic carbocycles. The monoisotopic (exact) mass is 284 g/mol. The van der Waals surface area contributed by atoms with Crippen LogP contribution in [0, 0.1) is 5.92 Å². The van der Waals surface area contributed by atoms with Crippen molar-refractivity contribution in [1.82, 2.24) is 9.29 Å². The Morgan fingerprint density at radius 3 is 2.63 bits per heavy atom. The van der Waals surface area contributed by atoms with E-state index in [4.69, 9.17) is 4.74 Å². The highest BCUT2D eigenvalue weighted by molar-refractivity contribution is 7.89. The molecule has 106 valence electrons. The van der Waals surface area contributed by atoms with Crippen LogP contribution in [0.25, 0.3) is 0 Å². The van der Waals surface area contributed by atoms with Crippen molar-refractivity contribution in [2.24, 2.45) is 5.92 Å². The average Bonchev–Trinajstić information content (AvgIpc) is 3.22. The van der Waals surface area contributed by atoms with Crippen LogP contribution in [0.4, 0.5) is 0 Å². The number of hydrogen-bond acceptors (Lipinski definition) is 4. The van der Waals surface area contributed by atoms with Gasteiger partial charge in [0.05, 0.1) is 12.8 Å². The summed E-state index contributed by atoms with van der Waals surface area (Å²) in [6, 6.07) is 3.17. The second-order valence-electron chi connectivity index (χ2n) is 4.86. The molecule has 1 heterocycles. The smallest absolute Gasteiger partial charge is 0.244 e. The van der Waals surface area contributed by atoms with Crippen molar-refractivity contribution in [2.45, 2.75) is 37.6 Å². The minimum atomic E-state index is -3.46. The van der Waals surface area contributed by atoms with E-state index >= 15 is 0 Å². The lowest BCUT2D eigenvalue weighted by atomic mass is 10.2. The zero-order valence-corrected chi connectivity index (χ0v) is 12.4. The quantitative estimate of drug-likeness (QED) is 0.800. The Labute approximate surface area is 114 Å². The van der Waals surface area contributed by atoms with Crippen LogP contribution < -0.4 is 4.74 Å². The van der Waals surface area contributed by atoms with Crippen molar-refractivity contribution >= 4 is 10.0 Å². The fraction of sp³-hybridized carbons (Fsp3) is 0.615. The Morgan fingerprint density at radius 2 is 2.16 bits per heavy atom. The molecule has 1 aliphatic rings. The lowest BCUT2D eigenvalue weighted by Gasteiger charge is -2.24. The van der Waals surface area contributed by atoms with Crippen LogP contribution >= 0.6 is 0 Å². The summed E-state index contributed by atoms with van der Waals surface area (Å²) >= 11 is 0. The molecule has 1 aromatic rings. The SMILES string of the molecule is CCOc1ccc(S(=O)(=O)N(C)[C@H](C)C2CC2)cn1. The van der Waals surface area contributed by atoms with E-state index in [9.17, 15) is 8.42 Å². The first-order valence-corrected chi connectivity index (χ1v) is 7.97. The Morgan fingerprint density at radius 1 is 1.47 bits per heavy atom. The summed E-state index contributed by atoms with van der Waals surface area (Å²) in [4.78, 5) is 4.22. The lowest BCUT2D eigenvalue weighted by molar-refractivity contribution is 0.326. The van der Waals surface area contributed by atoms with Crippen LogP contribution in [0.1, 0.15) is 26.7 Å². The Bertz CT molecular complexity index is 523. The fourth-order valence-corrected chi connectivity index (χ4v) is 3.38. The van der Waals surface area contributed by atoms with E-state index in [1.807, 2.05) is 13.8 Å². The summed E-state index contributed by atoms with van der Waals surface area (Å²) in [6.07, 6.45) is 3.58. The van der Waals surface area contributed by atoms with Gasteiger partial charge in [0.2, 0.25) is 15.9 Å². The first-order chi connectivity index (χ1) is 8.96. The van der Waals surface area contributed by atoms with Crippen molar-refractivity contribution in [1.29, 1.82) is 0 Å². The highest BCUT2D eigenvalue weighted by Crippen LogP contribution is 2.36. The number of aromatic nitrogens is 1. The third-order valence-electron chi connectivity index (χ3n) is 3.56. The average molecular weight is 284 g/mol. The summed E-state index contributed by atoms with van der Waals surface area (Å²) in [5.74, 6) is 0.940. The van der Waals surface area contributed by atoms with Crippen molar-refractivity contribution in [2.75, 3.05) is 13.7 Å². The Hall–Kier alpha value is -1.14. The van der Waals surface area contributed by atoms with Gasteiger partial charge < -0.3 is 4.74 Å². The summed E-state index contributed by atoms with van der Waals surface area (Å²) < 4.78 is 31.5. The van der Waals surface area contributed by atoms with Gasteiger partial charge in [0.25, 0.3) is 0 Å². The van der Waals surface area contributed by atoms with E-state index in [0.717, 1.165) is 12.8 Å². The molecular weight excluding hydrogens is 264 g/mol. The Balaban J connectivity index is 2.18. The van der Waals surface area contributed by atoms with E-state index in [-0.39, 0.29) is 10.9 Å². The molecular formula is C13H20N2O3S. The van der Waals surface area contributed by atoms with Gasteiger partial charge in [-0.25, -0.2) is 13.4 Å². The first-order valence-electron chi connectivity index (χ1n) is 6.53. The molecule has 0 amide bonds. The van der Waals surface area contributed by atoms with Gasteiger partial charge in [-0.3, -0.25) is 0 Å². The van der Waals surface area contributed by atoms with E-state index < -0.39 is 10.0 Å². The maximum atomic E-state index is 12.4. The number of hydrogen-bond donors (Lipinski definition) is 0. The normalized spacial score (nSPS) is 17.5. The van der Waals surface area contributed by atoms with Crippen LogP contribution in [0.5, 0.6) is 5.88 Å². The van der Waals surface area contributed by atoms with Crippen LogP contribution in [-0.2, 0) is 10.0 Å². The highest BCUT2D eigenvalue weighted by Gasteiger charge is 2.36. The van der Waals surface area contributed by atoms with Gasteiger partial charge in [-0.05, 0) is 38.7 Å². The van der Waals surface area contributed by atoms with Crippen LogP contribution in [0.15, 0.2) is 23.2 Å².